The van der Waals surface area contributed by atoms with Gasteiger partial charge in [0.25, 0.3) is 5.91 Å². The number of hydrogen-bond donors (Lipinski definition) is 1. The van der Waals surface area contributed by atoms with Gasteiger partial charge < -0.3 is 14.2 Å². The normalized spacial score (nSPS) is 10.8. The van der Waals surface area contributed by atoms with E-state index in [-0.39, 0.29) is 33.9 Å². The molecule has 8 heteroatoms. The number of halogens is 1. The number of carbonyl (C=O) groups excluding carboxylic acids is 1. The largest absolute Gasteiger partial charge is 0.497 e. The third-order valence-corrected chi connectivity index (χ3v) is 8.02. The zero-order valence-corrected chi connectivity index (χ0v) is 20.6. The number of amides is 1. The molecule has 3 aromatic carbocycles. The van der Waals surface area contributed by atoms with Crippen molar-refractivity contribution < 1.29 is 40.2 Å². The summed E-state index contributed by atoms with van der Waals surface area (Å²) in [6.45, 7) is 2.73. The molecule has 0 aliphatic heterocycles. The van der Waals surface area contributed by atoms with Gasteiger partial charge in [0, 0.05) is 18.2 Å². The van der Waals surface area contributed by atoms with Crippen LogP contribution in [-0.2, 0) is 4.74 Å². The standard InChI is InChI=1S/C24H21IN2O4S/c1-3-30-15-31-20-11-12-21-22(14-20)32-24(26-21)27-23(28)16-7-9-17(10-8-16)25-18-5-4-6-19(13-18)29-2/h4-14H,3,15H2,1-2H3/p+1. The van der Waals surface area contributed by atoms with Crippen molar-refractivity contribution in [1.29, 1.82) is 0 Å². The highest BCUT2D eigenvalue weighted by Gasteiger charge is 2.17. The number of methoxy groups -OCH3 is 1. The molecule has 0 aliphatic carbocycles. The number of anilines is 1. The molecule has 164 valence electrons. The number of nitrogens with zero attached hydrogens (tertiary/aromatic N) is 1. The maximum absolute atomic E-state index is 12.7. The molecule has 0 unspecified atom stereocenters. The van der Waals surface area contributed by atoms with Gasteiger partial charge in [-0.15, -0.1) is 0 Å². The molecule has 0 saturated carbocycles. The number of thiazole rings is 1. The van der Waals surface area contributed by atoms with Gasteiger partial charge in [-0.3, -0.25) is 10.1 Å². The van der Waals surface area contributed by atoms with Crippen LogP contribution in [0.5, 0.6) is 11.5 Å². The Morgan fingerprint density at radius 1 is 1.03 bits per heavy atom. The van der Waals surface area contributed by atoms with Crippen molar-refractivity contribution in [1.82, 2.24) is 4.98 Å². The Bertz CT molecular complexity index is 1210. The fourth-order valence-corrected chi connectivity index (χ4v) is 6.03. The first kappa shape index (κ1) is 22.5. The van der Waals surface area contributed by atoms with Crippen LogP contribution < -0.4 is 36.0 Å². The minimum atomic E-state index is -0.342. The van der Waals surface area contributed by atoms with Crippen LogP contribution in [0, 0.1) is 7.14 Å². The van der Waals surface area contributed by atoms with Crippen LogP contribution in [0.1, 0.15) is 17.3 Å². The van der Waals surface area contributed by atoms with Crippen molar-refractivity contribution >= 4 is 32.6 Å². The van der Waals surface area contributed by atoms with E-state index < -0.39 is 0 Å². The maximum atomic E-state index is 12.7. The summed E-state index contributed by atoms with van der Waals surface area (Å²) in [6.07, 6.45) is 0. The predicted molar refractivity (Wildman–Crippen MR) is 122 cm³/mol. The Hall–Kier alpha value is -2.69. The molecule has 0 aliphatic rings. The summed E-state index contributed by atoms with van der Waals surface area (Å²) in [7, 11) is 1.67. The van der Waals surface area contributed by atoms with Crippen LogP contribution in [0.15, 0.2) is 66.7 Å². The van der Waals surface area contributed by atoms with Crippen LogP contribution >= 0.6 is 11.3 Å². The van der Waals surface area contributed by atoms with E-state index in [9.17, 15) is 4.79 Å². The van der Waals surface area contributed by atoms with Crippen LogP contribution in [0.3, 0.4) is 0 Å². The quantitative estimate of drug-likeness (QED) is 0.193. The van der Waals surface area contributed by atoms with Gasteiger partial charge in [0.1, 0.15) is 11.5 Å². The summed E-state index contributed by atoms with van der Waals surface area (Å²) in [4.78, 5) is 17.2. The number of nitrogens with one attached hydrogen (secondary N) is 1. The van der Waals surface area contributed by atoms with Gasteiger partial charge in [-0.2, -0.15) is 0 Å². The monoisotopic (exact) mass is 561 g/mol. The number of hydrogen-bond acceptors (Lipinski definition) is 6. The molecule has 1 amide bonds. The van der Waals surface area contributed by atoms with Gasteiger partial charge in [-0.1, -0.05) is 17.4 Å². The van der Waals surface area contributed by atoms with Crippen LogP contribution in [-0.4, -0.2) is 31.4 Å². The molecule has 4 rings (SSSR count). The lowest BCUT2D eigenvalue weighted by molar-refractivity contribution is -0.597. The van der Waals surface area contributed by atoms with Crippen molar-refractivity contribution in [3.8, 4) is 11.5 Å². The van der Waals surface area contributed by atoms with Crippen molar-refractivity contribution in [2.45, 2.75) is 6.92 Å². The fraction of sp³-hybridized carbons (Fsp3) is 0.167. The molecule has 0 radical (unpaired) electrons. The lowest BCUT2D eigenvalue weighted by Crippen LogP contribution is -3.61. The van der Waals surface area contributed by atoms with E-state index >= 15 is 0 Å². The number of fused-ring (bicyclic) bond motifs is 1. The Kier molecular flexibility index (Phi) is 7.56. The molecule has 0 atom stereocenters. The lowest BCUT2D eigenvalue weighted by Gasteiger charge is -2.04. The second-order valence-electron chi connectivity index (χ2n) is 6.62. The van der Waals surface area contributed by atoms with E-state index in [1.165, 1.54) is 18.5 Å². The molecule has 0 spiro atoms. The molecular weight excluding hydrogens is 539 g/mol. The van der Waals surface area contributed by atoms with Gasteiger partial charge in [-0.05, 0) is 61.5 Å². The third kappa shape index (κ3) is 5.76. The van der Waals surface area contributed by atoms with E-state index in [1.54, 1.807) is 7.11 Å². The van der Waals surface area contributed by atoms with Gasteiger partial charge in [0.2, 0.25) is 0 Å². The van der Waals surface area contributed by atoms with Gasteiger partial charge in [0.05, 0.1) is 17.3 Å². The van der Waals surface area contributed by atoms with Crippen molar-refractivity contribution in [3.05, 3.63) is 79.4 Å². The highest BCUT2D eigenvalue weighted by atomic mass is 127. The second-order valence-corrected chi connectivity index (χ2v) is 10.7. The van der Waals surface area contributed by atoms with E-state index in [0.717, 1.165) is 16.0 Å². The number of ether oxygens (including phenoxy) is 3. The Labute approximate surface area is 200 Å². The molecule has 1 N–H and O–H groups in total. The number of benzene rings is 3. The number of rotatable bonds is 9. The molecule has 6 nitrogen and oxygen atoms in total. The Morgan fingerprint density at radius 3 is 2.66 bits per heavy atom. The molecule has 0 fully saturated rings. The van der Waals surface area contributed by atoms with Crippen molar-refractivity contribution in [2.24, 2.45) is 0 Å². The lowest BCUT2D eigenvalue weighted by atomic mass is 10.2. The maximum Gasteiger partial charge on any atom is 0.358 e. The summed E-state index contributed by atoms with van der Waals surface area (Å²) in [5.74, 6) is 1.40. The average Bonchev–Trinajstić information content (AvgIpc) is 3.21. The summed E-state index contributed by atoms with van der Waals surface area (Å²) in [6, 6.07) is 21.5. The summed E-state index contributed by atoms with van der Waals surface area (Å²) in [5, 5.41) is 3.45. The van der Waals surface area contributed by atoms with Crippen molar-refractivity contribution in [3.63, 3.8) is 0 Å². The summed E-state index contributed by atoms with van der Waals surface area (Å²) in [5.41, 5.74) is 1.41. The van der Waals surface area contributed by atoms with Crippen molar-refractivity contribution in [2.75, 3.05) is 25.8 Å². The Morgan fingerprint density at radius 2 is 1.88 bits per heavy atom. The number of aromatic nitrogens is 1. The topological polar surface area (TPSA) is 69.7 Å². The molecule has 1 heterocycles. The van der Waals surface area contributed by atoms with Crippen LogP contribution in [0.25, 0.3) is 10.2 Å². The minimum absolute atomic E-state index is 0.178. The van der Waals surface area contributed by atoms with E-state index in [4.69, 9.17) is 14.2 Å². The fourth-order valence-electron chi connectivity index (χ4n) is 2.85. The van der Waals surface area contributed by atoms with Gasteiger partial charge >= 0.3 is 21.2 Å². The van der Waals surface area contributed by atoms with E-state index in [0.29, 0.717) is 23.1 Å². The zero-order valence-electron chi connectivity index (χ0n) is 17.6. The molecule has 1 aromatic heterocycles. The van der Waals surface area contributed by atoms with E-state index in [1.807, 2.05) is 61.5 Å². The molecule has 32 heavy (non-hydrogen) atoms. The number of carbonyl (C=O) groups is 1. The molecule has 4 aromatic rings. The van der Waals surface area contributed by atoms with E-state index in [2.05, 4.69) is 22.4 Å². The first-order valence-corrected chi connectivity index (χ1v) is 12.9. The first-order chi connectivity index (χ1) is 15.6. The highest BCUT2D eigenvalue weighted by molar-refractivity contribution is 7.22. The average molecular weight is 561 g/mol. The molecule has 0 saturated heterocycles. The predicted octanol–water partition coefficient (Wildman–Crippen LogP) is 2.06. The zero-order chi connectivity index (χ0) is 22.3. The first-order valence-electron chi connectivity index (χ1n) is 9.96. The SMILES string of the molecule is CCOCOc1ccc2nc(NC(=O)c3ccc([I+]c4cccc(OC)c4)cc3)sc2c1. The summed E-state index contributed by atoms with van der Waals surface area (Å²) >= 11 is 1.07. The molecule has 0 bridgehead atoms. The summed E-state index contributed by atoms with van der Waals surface area (Å²) < 4.78 is 19.5. The van der Waals surface area contributed by atoms with Crippen LogP contribution in [0.2, 0.25) is 0 Å². The molecular formula is C24H22IN2O4S+. The third-order valence-electron chi connectivity index (χ3n) is 4.45. The second kappa shape index (κ2) is 10.8. The van der Waals surface area contributed by atoms with Crippen LogP contribution in [0.4, 0.5) is 5.13 Å². The van der Waals surface area contributed by atoms with Gasteiger partial charge in [-0.25, -0.2) is 4.98 Å². The Balaban J connectivity index is 1.40. The smallest absolute Gasteiger partial charge is 0.358 e. The van der Waals surface area contributed by atoms with Gasteiger partial charge in [0.15, 0.2) is 19.1 Å². The highest BCUT2D eigenvalue weighted by Crippen LogP contribution is 2.29. The minimum Gasteiger partial charge on any atom is -0.497 e.